The number of aromatic nitrogens is 2. The Balaban J connectivity index is 1.62. The lowest BCUT2D eigenvalue weighted by molar-refractivity contribution is 0.878. The molecular formula is C24H25N5. The van der Waals surface area contributed by atoms with Crippen LogP contribution in [0.1, 0.15) is 29.7 Å². The number of nitrogens with two attached hydrogens (primary N) is 1. The molecule has 146 valence electrons. The molecule has 3 aromatic rings. The molecule has 0 fully saturated rings. The smallest absolute Gasteiger partial charge is 0.227 e. The minimum atomic E-state index is 0.570. The van der Waals surface area contributed by atoms with Gasteiger partial charge >= 0.3 is 0 Å². The SMILES string of the molecule is CN=C(CCc1ccccc1)C1=C(N)CCc2cnc(Nc3ccccc3)nc21. The molecule has 0 aliphatic heterocycles. The summed E-state index contributed by atoms with van der Waals surface area (Å²) >= 11 is 0. The van der Waals surface area contributed by atoms with Crippen molar-refractivity contribution < 1.29 is 0 Å². The fraction of sp³-hybridized carbons (Fsp3) is 0.208. The molecule has 0 saturated heterocycles. The molecule has 0 atom stereocenters. The van der Waals surface area contributed by atoms with E-state index in [-0.39, 0.29) is 0 Å². The van der Waals surface area contributed by atoms with E-state index in [1.54, 1.807) is 0 Å². The lowest BCUT2D eigenvalue weighted by atomic mass is 9.89. The highest BCUT2D eigenvalue weighted by Crippen LogP contribution is 2.31. The summed E-state index contributed by atoms with van der Waals surface area (Å²) in [6.45, 7) is 0. The van der Waals surface area contributed by atoms with E-state index in [1.165, 1.54) is 5.56 Å². The van der Waals surface area contributed by atoms with Crippen LogP contribution in [0.3, 0.4) is 0 Å². The van der Waals surface area contributed by atoms with Crippen LogP contribution in [0.5, 0.6) is 0 Å². The van der Waals surface area contributed by atoms with Crippen LogP contribution >= 0.6 is 0 Å². The highest BCUT2D eigenvalue weighted by molar-refractivity contribution is 6.24. The molecule has 0 spiro atoms. The minimum absolute atomic E-state index is 0.570. The van der Waals surface area contributed by atoms with Crippen LogP contribution in [0.25, 0.3) is 5.57 Å². The Morgan fingerprint density at radius 3 is 2.48 bits per heavy atom. The van der Waals surface area contributed by atoms with Gasteiger partial charge in [0.05, 0.1) is 5.69 Å². The molecule has 1 aromatic heterocycles. The second-order valence-electron chi connectivity index (χ2n) is 7.11. The van der Waals surface area contributed by atoms with Crippen molar-refractivity contribution in [1.29, 1.82) is 0 Å². The number of nitrogens with one attached hydrogen (secondary N) is 1. The van der Waals surface area contributed by atoms with Crippen molar-refractivity contribution in [2.24, 2.45) is 10.7 Å². The lowest BCUT2D eigenvalue weighted by Gasteiger charge is -2.22. The second kappa shape index (κ2) is 8.69. The molecule has 2 aromatic carbocycles. The van der Waals surface area contributed by atoms with E-state index in [1.807, 2.05) is 49.6 Å². The molecule has 0 amide bonds. The lowest BCUT2D eigenvalue weighted by Crippen LogP contribution is -2.19. The number of aliphatic imine (C=N–C) groups is 1. The standard InChI is InChI=1S/C24H25N5/c1-26-21(15-12-17-8-4-2-5-9-17)22-20(25)14-13-18-16-27-24(29-23(18)22)28-19-10-6-3-7-11-19/h2-11,16H,12-15,25H2,1H3,(H,27,28,29). The van der Waals surface area contributed by atoms with Gasteiger partial charge in [-0.05, 0) is 48.9 Å². The van der Waals surface area contributed by atoms with Crippen LogP contribution in [0.4, 0.5) is 11.6 Å². The summed E-state index contributed by atoms with van der Waals surface area (Å²) < 4.78 is 0. The van der Waals surface area contributed by atoms with E-state index in [0.717, 1.165) is 59.6 Å². The molecule has 29 heavy (non-hydrogen) atoms. The number of aryl methyl sites for hydroxylation is 2. The van der Waals surface area contributed by atoms with E-state index in [4.69, 9.17) is 10.7 Å². The molecule has 1 heterocycles. The van der Waals surface area contributed by atoms with Gasteiger partial charge in [-0.2, -0.15) is 0 Å². The third-order valence-electron chi connectivity index (χ3n) is 5.17. The van der Waals surface area contributed by atoms with E-state index < -0.39 is 0 Å². The van der Waals surface area contributed by atoms with Crippen LogP contribution in [-0.4, -0.2) is 22.7 Å². The molecule has 0 radical (unpaired) electrons. The molecule has 3 N–H and O–H groups in total. The summed E-state index contributed by atoms with van der Waals surface area (Å²) in [6, 6.07) is 20.4. The molecule has 1 aliphatic rings. The Bertz CT molecular complexity index is 1040. The number of anilines is 2. The predicted molar refractivity (Wildman–Crippen MR) is 119 cm³/mol. The van der Waals surface area contributed by atoms with Gasteiger partial charge in [0.15, 0.2) is 0 Å². The van der Waals surface area contributed by atoms with Crippen LogP contribution in [0, 0.1) is 0 Å². The van der Waals surface area contributed by atoms with Gasteiger partial charge in [-0.1, -0.05) is 48.5 Å². The number of benzene rings is 2. The maximum absolute atomic E-state index is 6.46. The number of nitrogens with zero attached hydrogens (tertiary/aromatic N) is 3. The monoisotopic (exact) mass is 383 g/mol. The summed E-state index contributed by atoms with van der Waals surface area (Å²) in [5, 5.41) is 3.28. The van der Waals surface area contributed by atoms with E-state index in [0.29, 0.717) is 5.95 Å². The summed E-state index contributed by atoms with van der Waals surface area (Å²) in [4.78, 5) is 13.9. The summed E-state index contributed by atoms with van der Waals surface area (Å²) in [5.41, 5.74) is 13.6. The van der Waals surface area contributed by atoms with Gasteiger partial charge in [-0.15, -0.1) is 0 Å². The van der Waals surface area contributed by atoms with E-state index in [2.05, 4.69) is 39.6 Å². The topological polar surface area (TPSA) is 76.2 Å². The first-order valence-electron chi connectivity index (χ1n) is 9.91. The highest BCUT2D eigenvalue weighted by atomic mass is 15.1. The average Bonchev–Trinajstić information content (AvgIpc) is 2.77. The quantitative estimate of drug-likeness (QED) is 0.613. The van der Waals surface area contributed by atoms with Crippen LogP contribution in [0.15, 0.2) is 77.5 Å². The maximum atomic E-state index is 6.46. The highest BCUT2D eigenvalue weighted by Gasteiger charge is 2.23. The Hall–Kier alpha value is -3.47. The van der Waals surface area contributed by atoms with Crippen molar-refractivity contribution in [3.63, 3.8) is 0 Å². The molecule has 0 bridgehead atoms. The van der Waals surface area contributed by atoms with Crippen molar-refractivity contribution in [2.75, 3.05) is 12.4 Å². The van der Waals surface area contributed by atoms with Crippen molar-refractivity contribution in [2.45, 2.75) is 25.7 Å². The fourth-order valence-electron chi connectivity index (χ4n) is 3.64. The minimum Gasteiger partial charge on any atom is -0.401 e. The number of rotatable bonds is 6. The predicted octanol–water partition coefficient (Wildman–Crippen LogP) is 4.54. The van der Waals surface area contributed by atoms with Gasteiger partial charge in [0.1, 0.15) is 0 Å². The third-order valence-corrected chi connectivity index (χ3v) is 5.17. The first kappa shape index (κ1) is 18.9. The molecule has 0 saturated carbocycles. The largest absolute Gasteiger partial charge is 0.401 e. The van der Waals surface area contributed by atoms with E-state index in [9.17, 15) is 0 Å². The van der Waals surface area contributed by atoms with Crippen molar-refractivity contribution in [3.05, 3.63) is 89.4 Å². The van der Waals surface area contributed by atoms with Gasteiger partial charge in [0, 0.05) is 35.9 Å². The number of allylic oxidation sites excluding steroid dienone is 2. The first-order chi connectivity index (χ1) is 14.2. The van der Waals surface area contributed by atoms with Gasteiger partial charge in [-0.3, -0.25) is 4.99 Å². The molecule has 5 heteroatoms. The zero-order chi connectivity index (χ0) is 20.1. The number of hydrogen-bond acceptors (Lipinski definition) is 5. The maximum Gasteiger partial charge on any atom is 0.227 e. The molecule has 5 nitrogen and oxygen atoms in total. The van der Waals surface area contributed by atoms with E-state index >= 15 is 0 Å². The Morgan fingerprint density at radius 1 is 1.03 bits per heavy atom. The summed E-state index contributed by atoms with van der Waals surface area (Å²) in [5.74, 6) is 0.570. The van der Waals surface area contributed by atoms with Gasteiger partial charge < -0.3 is 11.1 Å². The number of hydrogen-bond donors (Lipinski definition) is 2. The molecule has 1 aliphatic carbocycles. The Morgan fingerprint density at radius 2 is 1.76 bits per heavy atom. The van der Waals surface area contributed by atoms with Crippen molar-refractivity contribution >= 4 is 22.9 Å². The zero-order valence-corrected chi connectivity index (χ0v) is 16.6. The molecular weight excluding hydrogens is 358 g/mol. The summed E-state index contributed by atoms with van der Waals surface area (Å²) in [6.07, 6.45) is 5.30. The fourth-order valence-corrected chi connectivity index (χ4v) is 3.64. The number of para-hydroxylation sites is 1. The Kier molecular flexibility index (Phi) is 5.66. The number of fused-ring (bicyclic) bond motifs is 1. The van der Waals surface area contributed by atoms with Crippen LogP contribution < -0.4 is 11.1 Å². The summed E-state index contributed by atoms with van der Waals surface area (Å²) in [7, 11) is 1.83. The molecule has 4 rings (SSSR count). The normalized spacial score (nSPS) is 13.9. The van der Waals surface area contributed by atoms with Crippen LogP contribution in [-0.2, 0) is 12.8 Å². The van der Waals surface area contributed by atoms with Crippen LogP contribution in [0.2, 0.25) is 0 Å². The van der Waals surface area contributed by atoms with Gasteiger partial charge in [-0.25, -0.2) is 9.97 Å². The average molecular weight is 383 g/mol. The van der Waals surface area contributed by atoms with Crippen molar-refractivity contribution in [1.82, 2.24) is 9.97 Å². The van der Waals surface area contributed by atoms with Gasteiger partial charge in [0.2, 0.25) is 5.95 Å². The third kappa shape index (κ3) is 4.35. The van der Waals surface area contributed by atoms with Crippen molar-refractivity contribution in [3.8, 4) is 0 Å². The second-order valence-corrected chi connectivity index (χ2v) is 7.11. The zero-order valence-electron chi connectivity index (χ0n) is 16.6. The van der Waals surface area contributed by atoms with Gasteiger partial charge in [0.25, 0.3) is 0 Å². The molecule has 0 unspecified atom stereocenters. The Labute approximate surface area is 171 Å². The first-order valence-corrected chi connectivity index (χ1v) is 9.91.